The summed E-state index contributed by atoms with van der Waals surface area (Å²) in [5.41, 5.74) is 12.9. The van der Waals surface area contributed by atoms with Gasteiger partial charge in [-0.1, -0.05) is 24.3 Å². The Morgan fingerprint density at radius 2 is 1.92 bits per heavy atom. The maximum Gasteiger partial charge on any atom is 0.125 e. The lowest BCUT2D eigenvalue weighted by Crippen LogP contribution is -2.22. The second-order valence-electron chi connectivity index (χ2n) is 6.80. The molecule has 0 fully saturated rings. The molecule has 0 bridgehead atoms. The van der Waals surface area contributed by atoms with Crippen molar-refractivity contribution in [1.29, 1.82) is 5.41 Å². The normalized spacial score (nSPS) is 13.6. The van der Waals surface area contributed by atoms with Gasteiger partial charge in [0.25, 0.3) is 0 Å². The molecule has 0 radical (unpaired) electrons. The first-order valence-electron chi connectivity index (χ1n) is 8.99. The highest BCUT2D eigenvalue weighted by atomic mass is 14.9. The van der Waals surface area contributed by atoms with Gasteiger partial charge in [0.1, 0.15) is 5.84 Å². The van der Waals surface area contributed by atoms with Crippen molar-refractivity contribution in [3.8, 4) is 0 Å². The van der Waals surface area contributed by atoms with E-state index in [1.807, 2.05) is 18.2 Å². The molecular formula is C21H24N4. The summed E-state index contributed by atoms with van der Waals surface area (Å²) in [7, 11) is 0. The van der Waals surface area contributed by atoms with Crippen molar-refractivity contribution >= 4 is 16.7 Å². The SMILES string of the molecule is N=C(NCc1cccc(CN)c1)c1ccc2[nH]c3c(c2c1)CCCC3. The zero-order valence-corrected chi connectivity index (χ0v) is 14.4. The van der Waals surface area contributed by atoms with Gasteiger partial charge in [-0.15, -0.1) is 0 Å². The molecule has 0 saturated carbocycles. The van der Waals surface area contributed by atoms with Crippen LogP contribution < -0.4 is 11.1 Å². The highest BCUT2D eigenvalue weighted by Crippen LogP contribution is 2.29. The van der Waals surface area contributed by atoms with E-state index in [0.29, 0.717) is 18.9 Å². The molecule has 1 aliphatic carbocycles. The van der Waals surface area contributed by atoms with E-state index in [1.54, 1.807) is 0 Å². The van der Waals surface area contributed by atoms with Crippen molar-refractivity contribution in [2.24, 2.45) is 5.73 Å². The number of H-pyrrole nitrogens is 1. The largest absolute Gasteiger partial charge is 0.366 e. The van der Waals surface area contributed by atoms with Crippen LogP contribution in [0.1, 0.15) is 40.8 Å². The fourth-order valence-corrected chi connectivity index (χ4v) is 3.72. The molecule has 4 heteroatoms. The van der Waals surface area contributed by atoms with Gasteiger partial charge >= 0.3 is 0 Å². The van der Waals surface area contributed by atoms with Gasteiger partial charge in [0, 0.05) is 35.2 Å². The van der Waals surface area contributed by atoms with Crippen LogP contribution in [-0.4, -0.2) is 10.8 Å². The van der Waals surface area contributed by atoms with E-state index in [4.69, 9.17) is 11.1 Å². The maximum atomic E-state index is 8.40. The first-order chi connectivity index (χ1) is 12.2. The fraction of sp³-hybridized carbons (Fsp3) is 0.286. The standard InChI is InChI=1S/C21H24N4/c22-12-14-4-3-5-15(10-14)13-24-21(23)16-8-9-20-18(11-16)17-6-1-2-7-19(17)25-20/h3-5,8-11,25H,1-2,6-7,12-13,22H2,(H2,23,24). The van der Waals surface area contributed by atoms with Crippen LogP contribution in [0.5, 0.6) is 0 Å². The third kappa shape index (κ3) is 3.17. The summed E-state index contributed by atoms with van der Waals surface area (Å²) < 4.78 is 0. The van der Waals surface area contributed by atoms with Gasteiger partial charge in [-0.2, -0.15) is 0 Å². The average molecular weight is 332 g/mol. The van der Waals surface area contributed by atoms with Crippen LogP contribution >= 0.6 is 0 Å². The second kappa shape index (κ2) is 6.73. The number of aromatic nitrogens is 1. The molecule has 25 heavy (non-hydrogen) atoms. The predicted molar refractivity (Wildman–Crippen MR) is 103 cm³/mol. The van der Waals surface area contributed by atoms with Gasteiger partial charge in [-0.05, 0) is 60.6 Å². The van der Waals surface area contributed by atoms with E-state index in [2.05, 4.69) is 34.6 Å². The zero-order chi connectivity index (χ0) is 17.2. The summed E-state index contributed by atoms with van der Waals surface area (Å²) in [5.74, 6) is 0.464. The molecule has 5 N–H and O–H groups in total. The Hall–Kier alpha value is -2.59. The summed E-state index contributed by atoms with van der Waals surface area (Å²) in [6.45, 7) is 1.18. The molecule has 0 unspecified atom stereocenters. The molecule has 0 saturated heterocycles. The highest BCUT2D eigenvalue weighted by molar-refractivity contribution is 6.00. The van der Waals surface area contributed by atoms with E-state index in [0.717, 1.165) is 29.5 Å². The number of hydrogen-bond donors (Lipinski definition) is 4. The van der Waals surface area contributed by atoms with Gasteiger partial charge in [0.2, 0.25) is 0 Å². The lowest BCUT2D eigenvalue weighted by atomic mass is 9.95. The van der Waals surface area contributed by atoms with Gasteiger partial charge in [0.15, 0.2) is 0 Å². The fourth-order valence-electron chi connectivity index (χ4n) is 3.72. The Kier molecular flexibility index (Phi) is 4.28. The van der Waals surface area contributed by atoms with Crippen molar-refractivity contribution < 1.29 is 0 Å². The molecule has 0 aliphatic heterocycles. The maximum absolute atomic E-state index is 8.40. The van der Waals surface area contributed by atoms with E-state index in [1.165, 1.54) is 35.0 Å². The Bertz CT molecular complexity index is 923. The molecule has 4 rings (SSSR count). The highest BCUT2D eigenvalue weighted by Gasteiger charge is 2.16. The lowest BCUT2D eigenvalue weighted by Gasteiger charge is -2.11. The number of fused-ring (bicyclic) bond motifs is 3. The monoisotopic (exact) mass is 332 g/mol. The molecule has 128 valence electrons. The summed E-state index contributed by atoms with van der Waals surface area (Å²) in [5, 5.41) is 12.9. The van der Waals surface area contributed by atoms with Crippen LogP contribution in [0.25, 0.3) is 10.9 Å². The first kappa shape index (κ1) is 15.9. The minimum atomic E-state index is 0.464. The molecule has 2 aromatic carbocycles. The van der Waals surface area contributed by atoms with Gasteiger partial charge in [0.05, 0.1) is 0 Å². The van der Waals surface area contributed by atoms with Crippen molar-refractivity contribution in [3.63, 3.8) is 0 Å². The Labute approximate surface area is 148 Å². The number of nitrogens with one attached hydrogen (secondary N) is 3. The summed E-state index contributed by atoms with van der Waals surface area (Å²) in [6.07, 6.45) is 4.82. The summed E-state index contributed by atoms with van der Waals surface area (Å²) in [4.78, 5) is 3.55. The Morgan fingerprint density at radius 3 is 2.80 bits per heavy atom. The molecule has 0 atom stereocenters. The van der Waals surface area contributed by atoms with Gasteiger partial charge in [-0.25, -0.2) is 0 Å². The van der Waals surface area contributed by atoms with Gasteiger partial charge in [-0.3, -0.25) is 5.41 Å². The number of nitrogens with two attached hydrogens (primary N) is 1. The third-order valence-corrected chi connectivity index (χ3v) is 5.08. The minimum absolute atomic E-state index is 0.464. The second-order valence-corrected chi connectivity index (χ2v) is 6.80. The van der Waals surface area contributed by atoms with Crippen LogP contribution in [0.3, 0.4) is 0 Å². The van der Waals surface area contributed by atoms with E-state index >= 15 is 0 Å². The Balaban J connectivity index is 1.53. The van der Waals surface area contributed by atoms with Crippen molar-refractivity contribution in [3.05, 3.63) is 70.4 Å². The Morgan fingerprint density at radius 1 is 1.08 bits per heavy atom. The van der Waals surface area contributed by atoms with Crippen LogP contribution in [0.15, 0.2) is 42.5 Å². The number of hydrogen-bond acceptors (Lipinski definition) is 2. The molecule has 1 aliphatic rings. The number of aromatic amines is 1. The minimum Gasteiger partial charge on any atom is -0.366 e. The average Bonchev–Trinajstić information content (AvgIpc) is 3.04. The van der Waals surface area contributed by atoms with Crippen molar-refractivity contribution in [2.75, 3.05) is 0 Å². The number of amidine groups is 1. The lowest BCUT2D eigenvalue weighted by molar-refractivity contribution is 0.680. The number of benzene rings is 2. The number of aryl methyl sites for hydroxylation is 2. The summed E-state index contributed by atoms with van der Waals surface area (Å²) in [6, 6.07) is 14.5. The summed E-state index contributed by atoms with van der Waals surface area (Å²) >= 11 is 0. The molecule has 0 amide bonds. The van der Waals surface area contributed by atoms with Crippen LogP contribution in [0.2, 0.25) is 0 Å². The topological polar surface area (TPSA) is 77.7 Å². The first-order valence-corrected chi connectivity index (χ1v) is 8.99. The molecule has 3 aromatic rings. The molecule has 1 aromatic heterocycles. The zero-order valence-electron chi connectivity index (χ0n) is 14.4. The van der Waals surface area contributed by atoms with E-state index < -0.39 is 0 Å². The number of rotatable bonds is 4. The molecule has 0 spiro atoms. The van der Waals surface area contributed by atoms with Crippen LogP contribution in [0.4, 0.5) is 0 Å². The smallest absolute Gasteiger partial charge is 0.125 e. The van der Waals surface area contributed by atoms with Crippen molar-refractivity contribution in [2.45, 2.75) is 38.8 Å². The quantitative estimate of drug-likeness (QED) is 0.435. The molecule has 4 nitrogen and oxygen atoms in total. The van der Waals surface area contributed by atoms with E-state index in [9.17, 15) is 0 Å². The molecule has 1 heterocycles. The van der Waals surface area contributed by atoms with Crippen molar-refractivity contribution in [1.82, 2.24) is 10.3 Å². The van der Waals surface area contributed by atoms with E-state index in [-0.39, 0.29) is 0 Å². The van der Waals surface area contributed by atoms with Gasteiger partial charge < -0.3 is 16.0 Å². The molecular weight excluding hydrogens is 308 g/mol. The predicted octanol–water partition coefficient (Wildman–Crippen LogP) is 3.62. The van der Waals surface area contributed by atoms with Crippen LogP contribution in [0, 0.1) is 5.41 Å². The third-order valence-electron chi connectivity index (χ3n) is 5.08. The van der Waals surface area contributed by atoms with Crippen LogP contribution in [-0.2, 0) is 25.9 Å².